The van der Waals surface area contributed by atoms with E-state index in [9.17, 15) is 24.0 Å². The van der Waals surface area contributed by atoms with E-state index in [1.807, 2.05) is 0 Å². The van der Waals surface area contributed by atoms with Crippen LogP contribution in [0, 0.1) is 23.5 Å². The first-order valence-corrected chi connectivity index (χ1v) is 13.9. The van der Waals surface area contributed by atoms with E-state index in [0.29, 0.717) is 52.0 Å². The van der Waals surface area contributed by atoms with Crippen molar-refractivity contribution in [2.24, 2.45) is 23.0 Å². The molecule has 1 radical (unpaired) electrons. The normalized spacial score (nSPS) is 34.9. The fourth-order valence-corrected chi connectivity index (χ4v) is 7.85. The average molecular weight is 779 g/mol. The van der Waals surface area contributed by atoms with Crippen molar-refractivity contribution in [1.29, 1.82) is 0 Å². The van der Waals surface area contributed by atoms with Crippen molar-refractivity contribution in [2.75, 3.05) is 33.4 Å². The molecule has 0 aromatic heterocycles. The van der Waals surface area contributed by atoms with Gasteiger partial charge < -0.3 is 34.8 Å². The maximum atomic E-state index is 13.5. The summed E-state index contributed by atoms with van der Waals surface area (Å²) >= 11 is 0. The van der Waals surface area contributed by atoms with Crippen molar-refractivity contribution < 1.29 is 28.7 Å². The fraction of sp³-hybridized carbons (Fsp3) is 0.741. The SMILES string of the molecule is CN1C(=O)N(CC2COC2)C2(CC3(CCC(N4C(=O)C(=[C-]N)C(=O)N(CC5CCCC5)C4=O)CC3)C2)C1=O.[Es]. The van der Waals surface area contributed by atoms with Crippen molar-refractivity contribution in [3.8, 4) is 0 Å². The zero-order chi connectivity index (χ0) is 26.8. The Kier molecular flexibility index (Phi) is 6.39. The number of rotatable bonds is 5. The van der Waals surface area contributed by atoms with Crippen molar-refractivity contribution in [1.82, 2.24) is 19.6 Å². The second-order valence-corrected chi connectivity index (χ2v) is 12.3. The van der Waals surface area contributed by atoms with E-state index in [2.05, 4.69) is 6.20 Å². The zero-order valence-corrected chi connectivity index (χ0v) is 24.8. The molecule has 0 bridgehead atoms. The van der Waals surface area contributed by atoms with Gasteiger partial charge >= 0.3 is 12.1 Å². The number of barbiturate groups is 1. The van der Waals surface area contributed by atoms with Crippen LogP contribution in [0.5, 0.6) is 0 Å². The molecule has 39 heavy (non-hydrogen) atoms. The smallest absolute Gasteiger partial charge is 0.327 e. The molecule has 2 N–H and O–H groups in total. The third-order valence-electron chi connectivity index (χ3n) is 9.99. The number of imide groups is 3. The molecule has 6 aliphatic rings. The molecule has 3 heterocycles. The average Bonchev–Trinajstić information content (AvgIpc) is 3.43. The summed E-state index contributed by atoms with van der Waals surface area (Å²) in [4.78, 5) is 71.1. The summed E-state index contributed by atoms with van der Waals surface area (Å²) in [6.07, 6.45) is 10.2. The summed E-state index contributed by atoms with van der Waals surface area (Å²) in [5.74, 6) is -0.939. The van der Waals surface area contributed by atoms with Crippen LogP contribution in [0.2, 0.25) is 0 Å². The molecular weight excluding hydrogens is 742 g/mol. The van der Waals surface area contributed by atoms with Gasteiger partial charge in [0, 0.05) is 32.1 Å². The van der Waals surface area contributed by atoms with Crippen molar-refractivity contribution in [3.05, 3.63) is 11.8 Å². The van der Waals surface area contributed by atoms with Crippen LogP contribution in [0.4, 0.5) is 9.59 Å². The molecule has 3 aliphatic carbocycles. The van der Waals surface area contributed by atoms with Gasteiger partial charge in [-0.1, -0.05) is 19.0 Å². The molecule has 3 saturated carbocycles. The predicted octanol–water partition coefficient (Wildman–Crippen LogP) is 1.62. The molecule has 6 fully saturated rings. The maximum Gasteiger partial charge on any atom is 0.327 e. The van der Waals surface area contributed by atoms with Crippen LogP contribution in [0.15, 0.2) is 5.57 Å². The monoisotopic (exact) mass is 778 g/mol. The second kappa shape index (κ2) is 9.36. The number of carbonyl (C=O) groups is 5. The van der Waals surface area contributed by atoms with Crippen LogP contribution in [0.1, 0.15) is 64.2 Å². The Morgan fingerprint density at radius 1 is 0.897 bits per heavy atom. The molecule has 217 valence electrons. The van der Waals surface area contributed by atoms with Crippen molar-refractivity contribution >= 4 is 29.8 Å². The second-order valence-electron chi connectivity index (χ2n) is 12.3. The van der Waals surface area contributed by atoms with Gasteiger partial charge in [0.1, 0.15) is 5.54 Å². The minimum atomic E-state index is -0.792. The van der Waals surface area contributed by atoms with E-state index < -0.39 is 23.4 Å². The Morgan fingerprint density at radius 2 is 1.54 bits per heavy atom. The number of nitrogens with two attached hydrogens (primary N) is 1. The van der Waals surface area contributed by atoms with Crippen LogP contribution in [0.25, 0.3) is 0 Å². The summed E-state index contributed by atoms with van der Waals surface area (Å²) in [5, 5.41) is 0. The molecule has 12 heteroatoms. The van der Waals surface area contributed by atoms with Crippen LogP contribution in [-0.2, 0) is 19.1 Å². The maximum absolute atomic E-state index is 13.5. The van der Waals surface area contributed by atoms with E-state index in [1.54, 1.807) is 11.9 Å². The van der Waals surface area contributed by atoms with Gasteiger partial charge in [-0.3, -0.25) is 9.69 Å². The number of urea groups is 2. The fourth-order valence-electron chi connectivity index (χ4n) is 7.85. The molecule has 6 rings (SSSR count). The van der Waals surface area contributed by atoms with E-state index in [1.165, 1.54) is 14.7 Å². The van der Waals surface area contributed by atoms with Crippen molar-refractivity contribution in [2.45, 2.75) is 75.8 Å². The summed E-state index contributed by atoms with van der Waals surface area (Å²) < 4.78 is 5.28. The molecule has 0 unspecified atom stereocenters. The Labute approximate surface area is 222 Å². The predicted molar refractivity (Wildman–Crippen MR) is 133 cm³/mol. The zero-order valence-electron chi connectivity index (χ0n) is 22.2. The van der Waals surface area contributed by atoms with Crippen molar-refractivity contribution in [3.63, 3.8) is 0 Å². The standard InChI is InChI=1S/C27H36N5O6.Es/c1-29-23(35)27(31(24(29)36)12-18-13-38-14-18)15-26(16-27)8-6-19(7-9-26)32-22(34)20(10-28)21(33)30(25(32)37)11-17-4-2-3-5-17;/h17-19H,2-9,11-16,28H2,1H3;/q-1;. The number of hydrogen-bond donors (Lipinski definition) is 1. The van der Waals surface area contributed by atoms with Gasteiger partial charge in [0.2, 0.25) is 0 Å². The molecular formula is C27H36EsN5O6-. The number of likely N-dealkylation sites (N-methyl/N-ethyl adjacent to an activating group) is 1. The first kappa shape index (κ1) is 26.6. The molecule has 3 saturated heterocycles. The van der Waals surface area contributed by atoms with Crippen LogP contribution in [-0.4, -0.2) is 94.3 Å². The van der Waals surface area contributed by atoms with Gasteiger partial charge in [-0.15, -0.1) is 0 Å². The number of hydrogen-bond acceptors (Lipinski definition) is 7. The summed E-state index contributed by atoms with van der Waals surface area (Å²) in [5.41, 5.74) is 4.40. The minimum Gasteiger partial charge on any atom is -0.457 e. The topological polar surface area (TPSA) is 134 Å². The Hall–Kier alpha value is -3.95. The van der Waals surface area contributed by atoms with E-state index in [-0.39, 0.29) is 40.8 Å². The van der Waals surface area contributed by atoms with E-state index in [0.717, 1.165) is 38.5 Å². The molecule has 0 atom stereocenters. The first-order valence-electron chi connectivity index (χ1n) is 13.9. The Balaban J connectivity index is 0.00000308. The van der Waals surface area contributed by atoms with Gasteiger partial charge in [-0.05, 0) is 68.3 Å². The molecule has 0 aromatic rings. The van der Waals surface area contributed by atoms with E-state index >= 15 is 0 Å². The largest absolute Gasteiger partial charge is 0.457 e. The van der Waals surface area contributed by atoms with Gasteiger partial charge in [0.15, 0.2) is 11.8 Å². The molecule has 3 aliphatic heterocycles. The molecule has 11 nitrogen and oxygen atoms in total. The van der Waals surface area contributed by atoms with Gasteiger partial charge in [0.05, 0.1) is 13.2 Å². The number of carbonyl (C=O) groups excluding carboxylic acids is 5. The third kappa shape index (κ3) is 3.87. The molecule has 7 amide bonds. The summed E-state index contributed by atoms with van der Waals surface area (Å²) in [6.45, 7) is 2.05. The van der Waals surface area contributed by atoms with E-state index in [4.69, 9.17) is 10.5 Å². The van der Waals surface area contributed by atoms with Gasteiger partial charge in [-0.2, -0.15) is 0 Å². The number of amides is 7. The summed E-state index contributed by atoms with van der Waals surface area (Å²) in [6, 6.07) is -1.13. The van der Waals surface area contributed by atoms with Crippen LogP contribution < -0.4 is 5.73 Å². The van der Waals surface area contributed by atoms with Crippen LogP contribution in [0.3, 0.4) is 0 Å². The molecule has 2 spiro atoms. The first-order chi connectivity index (χ1) is 18.2. The number of ether oxygens (including phenoxy) is 1. The minimum absolute atomic E-state index is 0. The number of nitrogens with zero attached hydrogens (tertiary/aromatic N) is 4. The van der Waals surface area contributed by atoms with Crippen LogP contribution >= 0.6 is 0 Å². The Morgan fingerprint density at radius 3 is 2.10 bits per heavy atom. The third-order valence-corrected chi connectivity index (χ3v) is 9.99. The van der Waals surface area contributed by atoms with Gasteiger partial charge in [0.25, 0.3) is 5.91 Å². The Bertz CT molecular complexity index is 1100. The quantitative estimate of drug-likeness (QED) is 0.148. The summed E-state index contributed by atoms with van der Waals surface area (Å²) in [7, 11) is 1.55. The molecule has 0 aromatic carbocycles. The van der Waals surface area contributed by atoms with Gasteiger partial charge in [-0.25, -0.2) is 9.59 Å².